The molecule has 0 bridgehead atoms. The van der Waals surface area contributed by atoms with Crippen LogP contribution in [-0.2, 0) is 17.9 Å². The maximum atomic E-state index is 13.3. The van der Waals surface area contributed by atoms with E-state index in [2.05, 4.69) is 13.0 Å². The van der Waals surface area contributed by atoms with Crippen molar-refractivity contribution in [2.45, 2.75) is 38.9 Å². The fourth-order valence-electron chi connectivity index (χ4n) is 3.32. The van der Waals surface area contributed by atoms with E-state index in [1.807, 2.05) is 40.6 Å². The van der Waals surface area contributed by atoms with Crippen molar-refractivity contribution in [2.24, 2.45) is 0 Å². The van der Waals surface area contributed by atoms with E-state index in [0.717, 1.165) is 18.4 Å². The van der Waals surface area contributed by atoms with E-state index in [1.165, 1.54) is 16.7 Å². The SMILES string of the molecule is Cc1ccsc1CN(Cc1ccccc1)C(=O)CN(C(=O)c1ccco1)C1CC1. The summed E-state index contributed by atoms with van der Waals surface area (Å²) in [5, 5.41) is 2.05. The van der Waals surface area contributed by atoms with Crippen molar-refractivity contribution >= 4 is 23.2 Å². The quantitative estimate of drug-likeness (QED) is 0.552. The van der Waals surface area contributed by atoms with E-state index in [0.29, 0.717) is 13.1 Å². The molecule has 0 saturated heterocycles. The van der Waals surface area contributed by atoms with Gasteiger partial charge in [-0.3, -0.25) is 9.59 Å². The number of amides is 2. The Morgan fingerprint density at radius 2 is 1.86 bits per heavy atom. The third-order valence-electron chi connectivity index (χ3n) is 5.16. The van der Waals surface area contributed by atoms with Gasteiger partial charge in [0.1, 0.15) is 6.54 Å². The molecule has 0 N–H and O–H groups in total. The normalized spacial score (nSPS) is 13.3. The average Bonchev–Trinajstić information content (AvgIpc) is 3.26. The smallest absolute Gasteiger partial charge is 0.290 e. The number of nitrogens with zero attached hydrogens (tertiary/aromatic N) is 2. The molecule has 5 nitrogen and oxygen atoms in total. The summed E-state index contributed by atoms with van der Waals surface area (Å²) >= 11 is 1.66. The number of thiophene rings is 1. The molecule has 1 saturated carbocycles. The Morgan fingerprint density at radius 3 is 2.48 bits per heavy atom. The van der Waals surface area contributed by atoms with E-state index in [1.54, 1.807) is 28.4 Å². The van der Waals surface area contributed by atoms with Crippen LogP contribution in [0.4, 0.5) is 0 Å². The van der Waals surface area contributed by atoms with Gasteiger partial charge >= 0.3 is 0 Å². The van der Waals surface area contributed by atoms with Gasteiger partial charge in [0.2, 0.25) is 5.91 Å². The molecule has 4 rings (SSSR count). The lowest BCUT2D eigenvalue weighted by molar-refractivity contribution is -0.133. The fourth-order valence-corrected chi connectivity index (χ4v) is 4.24. The van der Waals surface area contributed by atoms with Crippen molar-refractivity contribution in [3.8, 4) is 0 Å². The van der Waals surface area contributed by atoms with Crippen LogP contribution >= 0.6 is 11.3 Å². The number of hydrogen-bond acceptors (Lipinski definition) is 4. The first kappa shape index (κ1) is 19.5. The van der Waals surface area contributed by atoms with Gasteiger partial charge in [0.05, 0.1) is 12.8 Å². The van der Waals surface area contributed by atoms with E-state index < -0.39 is 0 Å². The maximum Gasteiger partial charge on any atom is 0.290 e. The first-order valence-electron chi connectivity index (χ1n) is 9.81. The van der Waals surface area contributed by atoms with Crippen LogP contribution in [0.25, 0.3) is 0 Å². The molecule has 1 aliphatic carbocycles. The Bertz CT molecular complexity index is 961. The number of hydrogen-bond donors (Lipinski definition) is 0. The summed E-state index contributed by atoms with van der Waals surface area (Å²) in [6.45, 7) is 3.20. The topological polar surface area (TPSA) is 53.8 Å². The molecule has 3 aromatic rings. The molecule has 1 aromatic carbocycles. The zero-order chi connectivity index (χ0) is 20.2. The van der Waals surface area contributed by atoms with Crippen LogP contribution in [0, 0.1) is 6.92 Å². The van der Waals surface area contributed by atoms with Gasteiger partial charge in [0.25, 0.3) is 5.91 Å². The standard InChI is InChI=1S/C23H24N2O3S/c1-17-11-13-29-21(17)15-24(14-18-6-3-2-4-7-18)22(26)16-25(19-9-10-19)23(27)20-8-5-12-28-20/h2-8,11-13,19H,9-10,14-16H2,1H3. The minimum atomic E-state index is -0.210. The number of furan rings is 1. The van der Waals surface area contributed by atoms with Gasteiger partial charge in [-0.15, -0.1) is 11.3 Å². The minimum Gasteiger partial charge on any atom is -0.459 e. The molecule has 0 aliphatic heterocycles. The van der Waals surface area contributed by atoms with Gasteiger partial charge in [-0.2, -0.15) is 0 Å². The highest BCUT2D eigenvalue weighted by Crippen LogP contribution is 2.29. The lowest BCUT2D eigenvalue weighted by Crippen LogP contribution is -2.43. The number of rotatable bonds is 8. The fraction of sp³-hybridized carbons (Fsp3) is 0.304. The Balaban J connectivity index is 1.53. The first-order valence-corrected chi connectivity index (χ1v) is 10.7. The Hall–Kier alpha value is -2.86. The summed E-state index contributed by atoms with van der Waals surface area (Å²) in [5.41, 5.74) is 2.26. The second-order valence-electron chi connectivity index (χ2n) is 7.40. The number of carbonyl (C=O) groups excluding carboxylic acids is 2. The highest BCUT2D eigenvalue weighted by molar-refractivity contribution is 7.10. The molecule has 0 radical (unpaired) electrons. The van der Waals surface area contributed by atoms with E-state index >= 15 is 0 Å². The zero-order valence-electron chi connectivity index (χ0n) is 16.4. The molecule has 1 fully saturated rings. The molecule has 2 aromatic heterocycles. The molecule has 0 atom stereocenters. The van der Waals surface area contributed by atoms with Gasteiger partial charge in [-0.25, -0.2) is 0 Å². The zero-order valence-corrected chi connectivity index (χ0v) is 17.2. The Morgan fingerprint density at radius 1 is 1.07 bits per heavy atom. The number of carbonyl (C=O) groups is 2. The van der Waals surface area contributed by atoms with Crippen LogP contribution in [0.3, 0.4) is 0 Å². The van der Waals surface area contributed by atoms with Crippen molar-refractivity contribution in [1.29, 1.82) is 0 Å². The van der Waals surface area contributed by atoms with E-state index in [4.69, 9.17) is 4.42 Å². The highest BCUT2D eigenvalue weighted by Gasteiger charge is 2.36. The predicted molar refractivity (Wildman–Crippen MR) is 113 cm³/mol. The number of aryl methyl sites for hydroxylation is 1. The van der Waals surface area contributed by atoms with E-state index in [-0.39, 0.29) is 30.2 Å². The molecule has 2 amide bonds. The van der Waals surface area contributed by atoms with Crippen LogP contribution in [0.5, 0.6) is 0 Å². The molecule has 1 aliphatic rings. The molecule has 2 heterocycles. The second-order valence-corrected chi connectivity index (χ2v) is 8.40. The second kappa shape index (κ2) is 8.66. The van der Waals surface area contributed by atoms with Gasteiger partial charge in [0.15, 0.2) is 5.76 Å². The van der Waals surface area contributed by atoms with Gasteiger partial charge in [0, 0.05) is 17.5 Å². The summed E-state index contributed by atoms with van der Waals surface area (Å²) in [4.78, 5) is 30.8. The first-order chi connectivity index (χ1) is 14.1. The lowest BCUT2D eigenvalue weighted by atomic mass is 10.2. The summed E-state index contributed by atoms with van der Waals surface area (Å²) < 4.78 is 5.28. The Labute approximate surface area is 174 Å². The average molecular weight is 409 g/mol. The van der Waals surface area contributed by atoms with Crippen molar-refractivity contribution in [1.82, 2.24) is 9.80 Å². The van der Waals surface area contributed by atoms with Crippen LogP contribution in [-0.4, -0.2) is 34.2 Å². The largest absolute Gasteiger partial charge is 0.459 e. The van der Waals surface area contributed by atoms with Gasteiger partial charge < -0.3 is 14.2 Å². The van der Waals surface area contributed by atoms with Gasteiger partial charge in [-0.05, 0) is 54.5 Å². The monoisotopic (exact) mass is 408 g/mol. The summed E-state index contributed by atoms with van der Waals surface area (Å²) in [7, 11) is 0. The third kappa shape index (κ3) is 4.77. The van der Waals surface area contributed by atoms with Crippen LogP contribution < -0.4 is 0 Å². The molecule has 6 heteroatoms. The molecule has 0 unspecified atom stereocenters. The molecular weight excluding hydrogens is 384 g/mol. The van der Waals surface area contributed by atoms with Crippen molar-refractivity contribution in [2.75, 3.05) is 6.54 Å². The van der Waals surface area contributed by atoms with Crippen molar-refractivity contribution < 1.29 is 14.0 Å². The molecular formula is C23H24N2O3S. The van der Waals surface area contributed by atoms with Crippen LogP contribution in [0.15, 0.2) is 64.6 Å². The van der Waals surface area contributed by atoms with Crippen LogP contribution in [0.2, 0.25) is 0 Å². The van der Waals surface area contributed by atoms with Crippen LogP contribution in [0.1, 0.15) is 39.4 Å². The third-order valence-corrected chi connectivity index (χ3v) is 6.17. The van der Waals surface area contributed by atoms with E-state index in [9.17, 15) is 9.59 Å². The Kier molecular flexibility index (Phi) is 5.81. The van der Waals surface area contributed by atoms with Crippen molar-refractivity contribution in [3.05, 3.63) is 81.9 Å². The van der Waals surface area contributed by atoms with Gasteiger partial charge in [-0.1, -0.05) is 30.3 Å². The minimum absolute atomic E-state index is 0.0477. The summed E-state index contributed by atoms with van der Waals surface area (Å²) in [5.74, 6) is 0.0275. The summed E-state index contributed by atoms with van der Waals surface area (Å²) in [6.07, 6.45) is 3.35. The highest BCUT2D eigenvalue weighted by atomic mass is 32.1. The molecule has 150 valence electrons. The summed E-state index contributed by atoms with van der Waals surface area (Å²) in [6, 6.07) is 15.5. The lowest BCUT2D eigenvalue weighted by Gasteiger charge is -2.27. The van der Waals surface area contributed by atoms with Crippen molar-refractivity contribution in [3.63, 3.8) is 0 Å². The molecule has 29 heavy (non-hydrogen) atoms. The molecule has 0 spiro atoms. The maximum absolute atomic E-state index is 13.3. The predicted octanol–water partition coefficient (Wildman–Crippen LogP) is 4.48. The number of benzene rings is 1.